The highest BCUT2D eigenvalue weighted by Crippen LogP contribution is 2.18. The van der Waals surface area contributed by atoms with Crippen LogP contribution >= 0.6 is 0 Å². The molecule has 30 heavy (non-hydrogen) atoms. The lowest BCUT2D eigenvalue weighted by Gasteiger charge is -2.11. The van der Waals surface area contributed by atoms with Crippen LogP contribution in [-0.2, 0) is 14.3 Å². The molecule has 7 nitrogen and oxygen atoms in total. The van der Waals surface area contributed by atoms with E-state index in [4.69, 9.17) is 4.74 Å². The predicted molar refractivity (Wildman–Crippen MR) is 112 cm³/mol. The van der Waals surface area contributed by atoms with Crippen LogP contribution in [0.25, 0.3) is 5.69 Å². The van der Waals surface area contributed by atoms with Gasteiger partial charge in [-0.2, -0.15) is 0 Å². The molecular weight excluding hydrogens is 384 g/mol. The Labute approximate surface area is 174 Å². The SMILES string of the molecule is COC(=O)c1ccc(NC(=O)COC(=O)c2cccc(-n3c(C)ccc3C)c2)cc1. The molecule has 0 saturated carbocycles. The summed E-state index contributed by atoms with van der Waals surface area (Å²) in [7, 11) is 1.29. The van der Waals surface area contributed by atoms with E-state index in [0.29, 0.717) is 16.8 Å². The Kier molecular flexibility index (Phi) is 6.32. The van der Waals surface area contributed by atoms with Gasteiger partial charge in [-0.05, 0) is 68.4 Å². The van der Waals surface area contributed by atoms with Crippen molar-refractivity contribution >= 4 is 23.5 Å². The van der Waals surface area contributed by atoms with Crippen LogP contribution in [0.5, 0.6) is 0 Å². The Morgan fingerprint density at radius 1 is 0.867 bits per heavy atom. The van der Waals surface area contributed by atoms with Crippen LogP contribution in [0.2, 0.25) is 0 Å². The number of aromatic nitrogens is 1. The number of aryl methyl sites for hydroxylation is 2. The molecule has 0 aliphatic rings. The van der Waals surface area contributed by atoms with Crippen molar-refractivity contribution in [1.29, 1.82) is 0 Å². The molecule has 0 spiro atoms. The van der Waals surface area contributed by atoms with Crippen LogP contribution in [0.4, 0.5) is 5.69 Å². The molecule has 1 aromatic heterocycles. The molecule has 1 amide bonds. The van der Waals surface area contributed by atoms with Crippen molar-refractivity contribution in [3.8, 4) is 5.69 Å². The van der Waals surface area contributed by atoms with Gasteiger partial charge in [-0.15, -0.1) is 0 Å². The Hall–Kier alpha value is -3.87. The minimum Gasteiger partial charge on any atom is -0.465 e. The van der Waals surface area contributed by atoms with Crippen molar-refractivity contribution in [2.45, 2.75) is 13.8 Å². The predicted octanol–water partition coefficient (Wildman–Crippen LogP) is 3.68. The van der Waals surface area contributed by atoms with Crippen LogP contribution in [0.3, 0.4) is 0 Å². The molecule has 3 aromatic rings. The maximum atomic E-state index is 12.4. The number of carbonyl (C=O) groups excluding carboxylic acids is 3. The molecule has 1 N–H and O–H groups in total. The normalized spacial score (nSPS) is 10.4. The maximum absolute atomic E-state index is 12.4. The second-order valence-electron chi connectivity index (χ2n) is 6.70. The molecule has 0 radical (unpaired) electrons. The lowest BCUT2D eigenvalue weighted by molar-refractivity contribution is -0.119. The molecule has 0 aliphatic heterocycles. The monoisotopic (exact) mass is 406 g/mol. The number of nitrogens with one attached hydrogen (secondary N) is 1. The quantitative estimate of drug-likeness (QED) is 0.631. The lowest BCUT2D eigenvalue weighted by Crippen LogP contribution is -2.21. The first-order valence-electron chi connectivity index (χ1n) is 9.30. The first kappa shape index (κ1) is 20.9. The van der Waals surface area contributed by atoms with Crippen molar-refractivity contribution in [3.63, 3.8) is 0 Å². The van der Waals surface area contributed by atoms with Gasteiger partial charge in [0.1, 0.15) is 0 Å². The summed E-state index contributed by atoms with van der Waals surface area (Å²) in [6.07, 6.45) is 0. The number of hydrogen-bond donors (Lipinski definition) is 1. The number of nitrogens with zero attached hydrogens (tertiary/aromatic N) is 1. The Morgan fingerprint density at radius 2 is 1.53 bits per heavy atom. The van der Waals surface area contributed by atoms with Gasteiger partial charge in [0.05, 0.1) is 18.2 Å². The fraction of sp³-hybridized carbons (Fsp3) is 0.174. The van der Waals surface area contributed by atoms with Crippen LogP contribution in [0.15, 0.2) is 60.7 Å². The summed E-state index contributed by atoms with van der Waals surface area (Å²) >= 11 is 0. The molecule has 7 heteroatoms. The number of esters is 2. The molecule has 0 atom stereocenters. The summed E-state index contributed by atoms with van der Waals surface area (Å²) < 4.78 is 11.8. The number of methoxy groups -OCH3 is 1. The molecule has 154 valence electrons. The van der Waals surface area contributed by atoms with E-state index in [1.165, 1.54) is 19.2 Å². The standard InChI is InChI=1S/C23H22N2O5/c1-15-7-8-16(2)25(15)20-6-4-5-18(13-20)23(28)30-14-21(26)24-19-11-9-17(10-12-19)22(27)29-3/h4-13H,14H2,1-3H3,(H,24,26). The van der Waals surface area contributed by atoms with Crippen molar-refractivity contribution in [1.82, 2.24) is 4.57 Å². The average Bonchev–Trinajstić information content (AvgIpc) is 3.10. The van der Waals surface area contributed by atoms with Crippen LogP contribution in [0, 0.1) is 13.8 Å². The summed E-state index contributed by atoms with van der Waals surface area (Å²) in [6, 6.07) is 17.2. The second-order valence-corrected chi connectivity index (χ2v) is 6.70. The van der Waals surface area contributed by atoms with E-state index in [1.807, 2.05) is 36.6 Å². The Balaban J connectivity index is 1.60. The molecule has 1 heterocycles. The fourth-order valence-corrected chi connectivity index (χ4v) is 3.07. The number of carbonyl (C=O) groups is 3. The van der Waals surface area contributed by atoms with E-state index in [2.05, 4.69) is 10.1 Å². The van der Waals surface area contributed by atoms with Gasteiger partial charge in [-0.3, -0.25) is 4.79 Å². The van der Waals surface area contributed by atoms with Gasteiger partial charge in [0.2, 0.25) is 0 Å². The number of hydrogen-bond acceptors (Lipinski definition) is 5. The number of amides is 1. The molecule has 0 unspecified atom stereocenters. The number of anilines is 1. The van der Waals surface area contributed by atoms with E-state index in [9.17, 15) is 14.4 Å². The largest absolute Gasteiger partial charge is 0.465 e. The molecule has 0 bridgehead atoms. The molecule has 0 saturated heterocycles. The molecule has 0 aliphatic carbocycles. The van der Waals surface area contributed by atoms with E-state index in [0.717, 1.165) is 17.1 Å². The topological polar surface area (TPSA) is 86.6 Å². The van der Waals surface area contributed by atoms with Crippen molar-refractivity contribution in [2.24, 2.45) is 0 Å². The zero-order chi connectivity index (χ0) is 21.7. The Morgan fingerprint density at radius 3 is 2.17 bits per heavy atom. The third kappa shape index (κ3) is 4.75. The average molecular weight is 406 g/mol. The second kappa shape index (κ2) is 9.09. The van der Waals surface area contributed by atoms with Gasteiger partial charge in [0, 0.05) is 22.8 Å². The zero-order valence-electron chi connectivity index (χ0n) is 17.0. The highest BCUT2D eigenvalue weighted by atomic mass is 16.5. The summed E-state index contributed by atoms with van der Waals surface area (Å²) in [5.41, 5.74) is 4.15. The highest BCUT2D eigenvalue weighted by molar-refractivity contribution is 5.96. The summed E-state index contributed by atoms with van der Waals surface area (Å²) in [5, 5.41) is 2.61. The van der Waals surface area contributed by atoms with Crippen molar-refractivity contribution in [2.75, 3.05) is 19.0 Å². The van der Waals surface area contributed by atoms with Crippen molar-refractivity contribution < 1.29 is 23.9 Å². The zero-order valence-corrected chi connectivity index (χ0v) is 17.0. The molecule has 3 rings (SSSR count). The third-order valence-corrected chi connectivity index (χ3v) is 4.54. The van der Waals surface area contributed by atoms with Gasteiger partial charge in [0.15, 0.2) is 6.61 Å². The first-order chi connectivity index (χ1) is 14.4. The van der Waals surface area contributed by atoms with Gasteiger partial charge >= 0.3 is 11.9 Å². The van der Waals surface area contributed by atoms with Gasteiger partial charge in [-0.25, -0.2) is 9.59 Å². The van der Waals surface area contributed by atoms with E-state index < -0.39 is 24.5 Å². The number of rotatable bonds is 6. The van der Waals surface area contributed by atoms with E-state index in [1.54, 1.807) is 30.3 Å². The minimum atomic E-state index is -0.587. The molecule has 0 fully saturated rings. The fourth-order valence-electron chi connectivity index (χ4n) is 3.07. The smallest absolute Gasteiger partial charge is 0.338 e. The first-order valence-corrected chi connectivity index (χ1v) is 9.30. The molecule has 2 aromatic carbocycles. The third-order valence-electron chi connectivity index (χ3n) is 4.54. The van der Waals surface area contributed by atoms with Crippen LogP contribution in [-0.4, -0.2) is 36.1 Å². The van der Waals surface area contributed by atoms with Crippen LogP contribution < -0.4 is 5.32 Å². The van der Waals surface area contributed by atoms with Gasteiger partial charge in [-0.1, -0.05) is 6.07 Å². The van der Waals surface area contributed by atoms with E-state index >= 15 is 0 Å². The summed E-state index contributed by atoms with van der Waals surface area (Å²) in [6.45, 7) is 3.55. The van der Waals surface area contributed by atoms with Gasteiger partial charge in [0.25, 0.3) is 5.91 Å². The number of benzene rings is 2. The summed E-state index contributed by atoms with van der Waals surface area (Å²) in [4.78, 5) is 35.9. The number of ether oxygens (including phenoxy) is 2. The van der Waals surface area contributed by atoms with Crippen LogP contribution in [0.1, 0.15) is 32.1 Å². The lowest BCUT2D eigenvalue weighted by atomic mass is 10.2. The van der Waals surface area contributed by atoms with Gasteiger partial charge < -0.3 is 19.4 Å². The molecular formula is C23H22N2O5. The van der Waals surface area contributed by atoms with E-state index in [-0.39, 0.29) is 0 Å². The summed E-state index contributed by atoms with van der Waals surface area (Å²) in [5.74, 6) is -1.53. The maximum Gasteiger partial charge on any atom is 0.338 e. The highest BCUT2D eigenvalue weighted by Gasteiger charge is 2.13. The Bertz CT molecular complexity index is 1060. The minimum absolute atomic E-state index is 0.357. The van der Waals surface area contributed by atoms with Crippen molar-refractivity contribution in [3.05, 3.63) is 83.2 Å².